The van der Waals surface area contributed by atoms with Gasteiger partial charge in [0.05, 0.1) is 23.4 Å². The van der Waals surface area contributed by atoms with Crippen LogP contribution in [-0.4, -0.2) is 27.2 Å². The second kappa shape index (κ2) is 5.62. The molecule has 0 aromatic carbocycles. The number of hydrogen-bond donors (Lipinski definition) is 2. The molecule has 6 nitrogen and oxygen atoms in total. The summed E-state index contributed by atoms with van der Waals surface area (Å²) in [6.07, 6.45) is 3.08. The van der Waals surface area contributed by atoms with Crippen LogP contribution >= 0.6 is 0 Å². The molecule has 1 amide bonds. The van der Waals surface area contributed by atoms with E-state index in [0.717, 1.165) is 18.4 Å². The van der Waals surface area contributed by atoms with Gasteiger partial charge in [0.25, 0.3) is 5.56 Å². The minimum absolute atomic E-state index is 0.0901. The van der Waals surface area contributed by atoms with Gasteiger partial charge in [-0.1, -0.05) is 6.07 Å². The highest BCUT2D eigenvalue weighted by molar-refractivity contribution is 5.89. The standard InChI is InChI=1S/C17H19N3O3/c1-11-2-3-13(17(5-6-17)16(18)23)19-15(11)12-4-7-20(8-9-21)14(22)10-12/h2-4,7,10,21H,5-6,8-9H2,1H3,(H2,18,23). The molecular formula is C17H19N3O3. The van der Waals surface area contributed by atoms with E-state index in [-0.39, 0.29) is 24.6 Å². The highest BCUT2D eigenvalue weighted by atomic mass is 16.3. The van der Waals surface area contributed by atoms with Crippen LogP contribution in [0, 0.1) is 6.92 Å². The zero-order valence-electron chi connectivity index (χ0n) is 13.0. The Morgan fingerprint density at radius 1 is 1.39 bits per heavy atom. The second-order valence-corrected chi connectivity index (χ2v) is 5.98. The first-order chi connectivity index (χ1) is 11.0. The zero-order valence-corrected chi connectivity index (χ0v) is 13.0. The van der Waals surface area contributed by atoms with Gasteiger partial charge in [-0.25, -0.2) is 0 Å². The lowest BCUT2D eigenvalue weighted by Crippen LogP contribution is -2.29. The number of amides is 1. The summed E-state index contributed by atoms with van der Waals surface area (Å²) in [6, 6.07) is 7.03. The summed E-state index contributed by atoms with van der Waals surface area (Å²) >= 11 is 0. The first-order valence-electron chi connectivity index (χ1n) is 7.58. The summed E-state index contributed by atoms with van der Waals surface area (Å²) in [7, 11) is 0. The van der Waals surface area contributed by atoms with Gasteiger partial charge in [-0.15, -0.1) is 0 Å². The first-order valence-corrected chi connectivity index (χ1v) is 7.58. The number of primary amides is 1. The third-order valence-corrected chi connectivity index (χ3v) is 4.42. The number of nitrogens with two attached hydrogens (primary N) is 1. The van der Waals surface area contributed by atoms with Crippen LogP contribution in [0.1, 0.15) is 24.1 Å². The minimum atomic E-state index is -0.645. The van der Waals surface area contributed by atoms with Crippen molar-refractivity contribution in [3.8, 4) is 11.3 Å². The fourth-order valence-corrected chi connectivity index (χ4v) is 2.79. The highest BCUT2D eigenvalue weighted by Gasteiger charge is 2.51. The lowest BCUT2D eigenvalue weighted by Gasteiger charge is -2.14. The third kappa shape index (κ3) is 2.66. The Balaban J connectivity index is 2.05. The number of aliphatic hydroxyl groups excluding tert-OH is 1. The maximum absolute atomic E-state index is 12.1. The molecule has 6 heteroatoms. The van der Waals surface area contributed by atoms with E-state index in [1.807, 2.05) is 19.1 Å². The van der Waals surface area contributed by atoms with Gasteiger partial charge in [-0.05, 0) is 37.5 Å². The van der Waals surface area contributed by atoms with Crippen molar-refractivity contribution in [2.24, 2.45) is 5.73 Å². The van der Waals surface area contributed by atoms with Crippen LogP contribution in [0.3, 0.4) is 0 Å². The number of nitrogens with zero attached hydrogens (tertiary/aromatic N) is 2. The van der Waals surface area contributed by atoms with E-state index in [0.29, 0.717) is 17.0 Å². The summed E-state index contributed by atoms with van der Waals surface area (Å²) in [5.41, 5.74) is 7.65. The van der Waals surface area contributed by atoms with Crippen molar-refractivity contribution < 1.29 is 9.90 Å². The highest BCUT2D eigenvalue weighted by Crippen LogP contribution is 2.47. The van der Waals surface area contributed by atoms with Crippen molar-refractivity contribution in [2.75, 3.05) is 6.61 Å². The molecule has 2 aromatic rings. The molecule has 120 valence electrons. The predicted molar refractivity (Wildman–Crippen MR) is 85.9 cm³/mol. The number of aryl methyl sites for hydroxylation is 1. The number of carbonyl (C=O) groups is 1. The maximum Gasteiger partial charge on any atom is 0.251 e. The average molecular weight is 313 g/mol. The number of pyridine rings is 2. The number of carbonyl (C=O) groups excluding carboxylic acids is 1. The molecule has 0 spiro atoms. The zero-order chi connectivity index (χ0) is 16.6. The minimum Gasteiger partial charge on any atom is -0.395 e. The lowest BCUT2D eigenvalue weighted by molar-refractivity contribution is -0.120. The van der Waals surface area contributed by atoms with Crippen molar-refractivity contribution in [3.63, 3.8) is 0 Å². The summed E-state index contributed by atoms with van der Waals surface area (Å²) in [6.45, 7) is 2.08. The fraction of sp³-hybridized carbons (Fsp3) is 0.353. The van der Waals surface area contributed by atoms with Crippen molar-refractivity contribution in [1.82, 2.24) is 9.55 Å². The molecule has 0 unspecified atom stereocenters. The fourth-order valence-electron chi connectivity index (χ4n) is 2.79. The number of rotatable bonds is 5. The Morgan fingerprint density at radius 3 is 2.70 bits per heavy atom. The largest absolute Gasteiger partial charge is 0.395 e. The van der Waals surface area contributed by atoms with Gasteiger partial charge in [0, 0.05) is 24.4 Å². The van der Waals surface area contributed by atoms with Gasteiger partial charge >= 0.3 is 0 Å². The van der Waals surface area contributed by atoms with Crippen LogP contribution in [0.5, 0.6) is 0 Å². The topological polar surface area (TPSA) is 98.2 Å². The molecule has 1 aliphatic carbocycles. The van der Waals surface area contributed by atoms with Crippen molar-refractivity contribution in [2.45, 2.75) is 31.7 Å². The third-order valence-electron chi connectivity index (χ3n) is 4.42. The van der Waals surface area contributed by atoms with Crippen LogP contribution in [0.15, 0.2) is 35.3 Å². The molecule has 0 atom stereocenters. The van der Waals surface area contributed by atoms with Gasteiger partial charge in [0.1, 0.15) is 0 Å². The van der Waals surface area contributed by atoms with Crippen LogP contribution in [0.4, 0.5) is 0 Å². The first kappa shape index (κ1) is 15.4. The normalized spacial score (nSPS) is 15.4. The van der Waals surface area contributed by atoms with Gasteiger partial charge in [0.2, 0.25) is 5.91 Å². The van der Waals surface area contributed by atoms with Crippen molar-refractivity contribution >= 4 is 5.91 Å². The predicted octanol–water partition coefficient (Wildman–Crippen LogP) is 0.728. The molecule has 0 aliphatic heterocycles. The molecule has 3 N–H and O–H groups in total. The molecule has 1 fully saturated rings. The molecule has 1 aliphatic rings. The van der Waals surface area contributed by atoms with E-state index in [1.54, 1.807) is 12.3 Å². The molecule has 1 saturated carbocycles. The maximum atomic E-state index is 12.1. The smallest absolute Gasteiger partial charge is 0.251 e. The van der Waals surface area contributed by atoms with Gasteiger partial charge in [0.15, 0.2) is 0 Å². The molecule has 0 saturated heterocycles. The van der Waals surface area contributed by atoms with Crippen molar-refractivity contribution in [3.05, 3.63) is 52.1 Å². The summed E-state index contributed by atoms with van der Waals surface area (Å²) < 4.78 is 1.44. The number of aliphatic hydroxyl groups is 1. The number of aromatic nitrogens is 2. The molecular weight excluding hydrogens is 294 g/mol. The Morgan fingerprint density at radius 2 is 2.13 bits per heavy atom. The quantitative estimate of drug-likeness (QED) is 0.850. The molecule has 3 rings (SSSR count). The summed E-state index contributed by atoms with van der Waals surface area (Å²) in [4.78, 5) is 28.4. The molecule has 0 radical (unpaired) electrons. The molecule has 2 aromatic heterocycles. The Bertz CT molecular complexity index is 822. The van der Waals surface area contributed by atoms with E-state index in [4.69, 9.17) is 10.8 Å². The Hall–Kier alpha value is -2.47. The monoisotopic (exact) mass is 313 g/mol. The van der Waals surface area contributed by atoms with Crippen LogP contribution < -0.4 is 11.3 Å². The second-order valence-electron chi connectivity index (χ2n) is 5.98. The van der Waals surface area contributed by atoms with Gasteiger partial charge in [-0.3, -0.25) is 14.6 Å². The van der Waals surface area contributed by atoms with Gasteiger partial charge < -0.3 is 15.4 Å². The average Bonchev–Trinajstić information content (AvgIpc) is 3.32. The lowest BCUT2D eigenvalue weighted by atomic mass is 9.98. The van der Waals surface area contributed by atoms with E-state index >= 15 is 0 Å². The van der Waals surface area contributed by atoms with E-state index in [1.165, 1.54) is 10.6 Å². The molecule has 2 heterocycles. The number of hydrogen-bond acceptors (Lipinski definition) is 4. The van der Waals surface area contributed by atoms with Gasteiger partial charge in [-0.2, -0.15) is 0 Å². The molecule has 0 bridgehead atoms. The Kier molecular flexibility index (Phi) is 3.77. The summed E-state index contributed by atoms with van der Waals surface area (Å²) in [5.74, 6) is -0.349. The van der Waals surface area contributed by atoms with Crippen molar-refractivity contribution in [1.29, 1.82) is 0 Å². The SMILES string of the molecule is Cc1ccc(C2(C(N)=O)CC2)nc1-c1ccn(CCO)c(=O)c1. The van der Waals surface area contributed by atoms with E-state index in [2.05, 4.69) is 4.98 Å². The van der Waals surface area contributed by atoms with Crippen LogP contribution in [0.25, 0.3) is 11.3 Å². The van der Waals surface area contributed by atoms with Crippen LogP contribution in [-0.2, 0) is 16.8 Å². The van der Waals surface area contributed by atoms with E-state index in [9.17, 15) is 9.59 Å². The Labute approximate surface area is 133 Å². The van der Waals surface area contributed by atoms with E-state index < -0.39 is 5.41 Å². The molecule has 23 heavy (non-hydrogen) atoms. The summed E-state index contributed by atoms with van der Waals surface area (Å²) in [5, 5.41) is 8.94. The van der Waals surface area contributed by atoms with Crippen LogP contribution in [0.2, 0.25) is 0 Å².